The summed E-state index contributed by atoms with van der Waals surface area (Å²) in [6, 6.07) is 16.5. The minimum absolute atomic E-state index is 0.00151. The molecule has 0 saturated carbocycles. The fourth-order valence-electron chi connectivity index (χ4n) is 2.85. The van der Waals surface area contributed by atoms with Gasteiger partial charge in [0.15, 0.2) is 18.1 Å². The molecule has 0 radical (unpaired) electrons. The Morgan fingerprint density at radius 1 is 1.10 bits per heavy atom. The van der Waals surface area contributed by atoms with Crippen molar-refractivity contribution in [1.29, 1.82) is 5.26 Å². The third kappa shape index (κ3) is 5.39. The highest BCUT2D eigenvalue weighted by atomic mass is 16.5. The molecule has 0 aliphatic rings. The van der Waals surface area contributed by atoms with Gasteiger partial charge in [-0.05, 0) is 30.7 Å². The molecule has 9 nitrogen and oxygen atoms in total. The minimum atomic E-state index is -0.265. The van der Waals surface area contributed by atoms with Crippen molar-refractivity contribution in [2.75, 3.05) is 24.7 Å². The molecule has 1 amide bonds. The Balaban J connectivity index is 1.75. The van der Waals surface area contributed by atoms with Crippen molar-refractivity contribution in [3.05, 3.63) is 59.7 Å². The molecule has 0 aliphatic heterocycles. The van der Waals surface area contributed by atoms with E-state index in [-0.39, 0.29) is 29.8 Å². The lowest BCUT2D eigenvalue weighted by Crippen LogP contribution is -2.28. The van der Waals surface area contributed by atoms with E-state index in [2.05, 4.69) is 15.3 Å². The van der Waals surface area contributed by atoms with E-state index in [0.29, 0.717) is 35.9 Å². The number of carbonyl (C=O) groups excluding carboxylic acids is 1. The highest BCUT2D eigenvalue weighted by Gasteiger charge is 2.16. The highest BCUT2D eigenvalue weighted by Crippen LogP contribution is 2.34. The molecule has 1 heterocycles. The maximum atomic E-state index is 12.1. The number of rotatable bonds is 8. The number of nitrogens with two attached hydrogens (primary N) is 2. The zero-order valence-corrected chi connectivity index (χ0v) is 17.0. The lowest BCUT2D eigenvalue weighted by molar-refractivity contribution is -0.123. The van der Waals surface area contributed by atoms with E-state index in [9.17, 15) is 10.1 Å². The lowest BCUT2D eigenvalue weighted by atomic mass is 10.1. The van der Waals surface area contributed by atoms with Crippen molar-refractivity contribution in [2.24, 2.45) is 0 Å². The van der Waals surface area contributed by atoms with E-state index >= 15 is 0 Å². The van der Waals surface area contributed by atoms with E-state index in [1.807, 2.05) is 43.3 Å². The zero-order valence-electron chi connectivity index (χ0n) is 17.0. The van der Waals surface area contributed by atoms with Gasteiger partial charge in [-0.25, -0.2) is 4.98 Å². The number of nitrogens with one attached hydrogen (secondary N) is 1. The van der Waals surface area contributed by atoms with Gasteiger partial charge in [-0.2, -0.15) is 10.2 Å². The van der Waals surface area contributed by atoms with E-state index in [0.717, 1.165) is 5.56 Å². The van der Waals surface area contributed by atoms with Crippen LogP contribution in [0.2, 0.25) is 0 Å². The first-order chi connectivity index (χ1) is 15.0. The van der Waals surface area contributed by atoms with Crippen LogP contribution in [0.5, 0.6) is 11.5 Å². The number of hydrogen-bond acceptors (Lipinski definition) is 8. The molecule has 9 heteroatoms. The van der Waals surface area contributed by atoms with E-state index in [4.69, 9.17) is 20.9 Å². The first-order valence-corrected chi connectivity index (χ1v) is 9.55. The molecule has 2 aromatic carbocycles. The number of nitrogens with zero attached hydrogens (tertiary/aromatic N) is 3. The molecule has 31 heavy (non-hydrogen) atoms. The van der Waals surface area contributed by atoms with Crippen LogP contribution in [0.1, 0.15) is 18.1 Å². The summed E-state index contributed by atoms with van der Waals surface area (Å²) in [5.41, 5.74) is 13.4. The fraction of sp³-hybridized carbons (Fsp3) is 0.182. The standard InChI is InChI=1S/C22H22N6O3/c1-2-30-18-10-15(20-16(11-23)21(24)28-22(25)27-20)8-9-17(18)31-13-19(29)26-12-14-6-4-3-5-7-14/h3-10H,2,12-13H2,1H3,(H,26,29)(H4,24,25,27,28). The smallest absolute Gasteiger partial charge is 0.258 e. The molecule has 0 atom stereocenters. The van der Waals surface area contributed by atoms with E-state index in [1.165, 1.54) is 0 Å². The summed E-state index contributed by atoms with van der Waals surface area (Å²) in [6.07, 6.45) is 0. The monoisotopic (exact) mass is 418 g/mol. The summed E-state index contributed by atoms with van der Waals surface area (Å²) in [4.78, 5) is 20.1. The zero-order chi connectivity index (χ0) is 22.2. The summed E-state index contributed by atoms with van der Waals surface area (Å²) >= 11 is 0. The highest BCUT2D eigenvalue weighted by molar-refractivity contribution is 5.78. The summed E-state index contributed by atoms with van der Waals surface area (Å²) in [5.74, 6) is 0.473. The largest absolute Gasteiger partial charge is 0.490 e. The quantitative estimate of drug-likeness (QED) is 0.504. The van der Waals surface area contributed by atoms with Gasteiger partial charge in [0.1, 0.15) is 17.5 Å². The van der Waals surface area contributed by atoms with Crippen LogP contribution in [0.3, 0.4) is 0 Å². The molecule has 0 spiro atoms. The second kappa shape index (κ2) is 9.93. The van der Waals surface area contributed by atoms with Gasteiger partial charge in [0, 0.05) is 12.1 Å². The van der Waals surface area contributed by atoms with Gasteiger partial charge < -0.3 is 26.3 Å². The molecule has 0 bridgehead atoms. The summed E-state index contributed by atoms with van der Waals surface area (Å²) in [6.45, 7) is 2.43. The van der Waals surface area contributed by atoms with Crippen molar-refractivity contribution in [2.45, 2.75) is 13.5 Å². The van der Waals surface area contributed by atoms with Crippen LogP contribution < -0.4 is 26.3 Å². The fourth-order valence-corrected chi connectivity index (χ4v) is 2.85. The van der Waals surface area contributed by atoms with Crippen molar-refractivity contribution < 1.29 is 14.3 Å². The molecule has 0 fully saturated rings. The number of benzene rings is 2. The van der Waals surface area contributed by atoms with Crippen molar-refractivity contribution in [3.8, 4) is 28.8 Å². The summed E-state index contributed by atoms with van der Waals surface area (Å²) in [5, 5.41) is 12.2. The molecule has 3 rings (SSSR count). The summed E-state index contributed by atoms with van der Waals surface area (Å²) < 4.78 is 11.3. The van der Waals surface area contributed by atoms with E-state index in [1.54, 1.807) is 18.2 Å². The molecule has 158 valence electrons. The predicted octanol–water partition coefficient (Wildman–Crippen LogP) is 2.27. The Morgan fingerprint density at radius 2 is 1.87 bits per heavy atom. The molecule has 3 aromatic rings. The Bertz CT molecular complexity index is 1110. The first kappa shape index (κ1) is 21.4. The maximum absolute atomic E-state index is 12.1. The molecular formula is C22H22N6O3. The third-order valence-corrected chi connectivity index (χ3v) is 4.27. The number of carbonyl (C=O) groups is 1. The van der Waals surface area contributed by atoms with Gasteiger partial charge in [-0.15, -0.1) is 0 Å². The SMILES string of the molecule is CCOc1cc(-c2nc(N)nc(N)c2C#N)ccc1OCC(=O)NCc1ccccc1. The molecule has 0 saturated heterocycles. The number of nitriles is 1. The van der Waals surface area contributed by atoms with Gasteiger partial charge >= 0.3 is 0 Å². The Hall–Kier alpha value is -4.32. The number of anilines is 2. The van der Waals surface area contributed by atoms with Crippen LogP contribution in [0.4, 0.5) is 11.8 Å². The number of hydrogen-bond donors (Lipinski definition) is 3. The maximum Gasteiger partial charge on any atom is 0.258 e. The van der Waals surface area contributed by atoms with Crippen molar-refractivity contribution in [3.63, 3.8) is 0 Å². The Kier molecular flexibility index (Phi) is 6.85. The average Bonchev–Trinajstić information content (AvgIpc) is 2.77. The molecule has 5 N–H and O–H groups in total. The Labute approximate surface area is 179 Å². The van der Waals surface area contributed by atoms with Gasteiger partial charge in [-0.3, -0.25) is 4.79 Å². The average molecular weight is 418 g/mol. The molecular weight excluding hydrogens is 396 g/mol. The topological polar surface area (TPSA) is 149 Å². The number of aromatic nitrogens is 2. The normalized spacial score (nSPS) is 10.2. The number of nitrogen functional groups attached to an aromatic ring is 2. The van der Waals surface area contributed by atoms with Crippen LogP contribution in [0.15, 0.2) is 48.5 Å². The number of amides is 1. The lowest BCUT2D eigenvalue weighted by Gasteiger charge is -2.14. The second-order valence-corrected chi connectivity index (χ2v) is 6.45. The van der Waals surface area contributed by atoms with Crippen LogP contribution in [0, 0.1) is 11.3 Å². The van der Waals surface area contributed by atoms with Crippen LogP contribution >= 0.6 is 0 Å². The summed E-state index contributed by atoms with van der Waals surface area (Å²) in [7, 11) is 0. The second-order valence-electron chi connectivity index (χ2n) is 6.45. The van der Waals surface area contributed by atoms with Crippen LogP contribution in [0.25, 0.3) is 11.3 Å². The van der Waals surface area contributed by atoms with Gasteiger partial charge in [0.25, 0.3) is 5.91 Å². The minimum Gasteiger partial charge on any atom is -0.490 e. The third-order valence-electron chi connectivity index (χ3n) is 4.27. The van der Waals surface area contributed by atoms with Crippen molar-refractivity contribution in [1.82, 2.24) is 15.3 Å². The predicted molar refractivity (Wildman–Crippen MR) is 116 cm³/mol. The van der Waals surface area contributed by atoms with E-state index < -0.39 is 0 Å². The molecule has 0 aliphatic carbocycles. The van der Waals surface area contributed by atoms with Crippen molar-refractivity contribution >= 4 is 17.7 Å². The molecule has 1 aromatic heterocycles. The van der Waals surface area contributed by atoms with Crippen LogP contribution in [-0.2, 0) is 11.3 Å². The van der Waals surface area contributed by atoms with Gasteiger partial charge in [-0.1, -0.05) is 30.3 Å². The van der Waals surface area contributed by atoms with Gasteiger partial charge in [0.05, 0.1) is 12.3 Å². The Morgan fingerprint density at radius 3 is 2.58 bits per heavy atom. The van der Waals surface area contributed by atoms with Crippen LogP contribution in [-0.4, -0.2) is 29.1 Å². The van der Waals surface area contributed by atoms with Gasteiger partial charge in [0.2, 0.25) is 5.95 Å². The molecule has 0 unspecified atom stereocenters. The first-order valence-electron chi connectivity index (χ1n) is 9.55. The number of ether oxygens (including phenoxy) is 2.